The molecule has 8 heteroatoms. The van der Waals surface area contributed by atoms with Crippen LogP contribution in [0.5, 0.6) is 5.75 Å². The highest BCUT2D eigenvalue weighted by atomic mass is 35.5. The fraction of sp³-hybridized carbons (Fsp3) is 0.438. The van der Waals surface area contributed by atoms with Crippen molar-refractivity contribution in [3.8, 4) is 5.75 Å². The molecule has 2 rings (SSSR count). The predicted octanol–water partition coefficient (Wildman–Crippen LogP) is 3.06. The standard InChI is InChI=1S/C16H20ClN3O3S/c1-4-9(2)18-16-20-15(22)13(24-16)8-14(21)19-10-5-6-12(23-3)11(17)7-10/h5-7,9,13H,4,8H2,1-3H3,(H,19,21)(H,18,20,22)/t9-,13+/m1/s1. The van der Waals surface area contributed by atoms with Crippen LogP contribution in [0.1, 0.15) is 26.7 Å². The number of amides is 2. The molecule has 0 saturated carbocycles. The van der Waals surface area contributed by atoms with Crippen LogP contribution in [0.15, 0.2) is 23.2 Å². The summed E-state index contributed by atoms with van der Waals surface area (Å²) < 4.78 is 5.07. The molecule has 2 amide bonds. The number of aliphatic imine (C=N–C) groups is 1. The Hall–Kier alpha value is -1.73. The van der Waals surface area contributed by atoms with E-state index in [4.69, 9.17) is 16.3 Å². The van der Waals surface area contributed by atoms with Gasteiger partial charge in [0.25, 0.3) is 0 Å². The number of anilines is 1. The first-order valence-corrected chi connectivity index (χ1v) is 8.87. The van der Waals surface area contributed by atoms with Gasteiger partial charge in [-0.25, -0.2) is 0 Å². The first-order valence-electron chi connectivity index (χ1n) is 7.61. The molecule has 1 aromatic rings. The summed E-state index contributed by atoms with van der Waals surface area (Å²) in [7, 11) is 1.52. The van der Waals surface area contributed by atoms with Crippen molar-refractivity contribution < 1.29 is 14.3 Å². The summed E-state index contributed by atoms with van der Waals surface area (Å²) >= 11 is 7.32. The molecular weight excluding hydrogens is 350 g/mol. The van der Waals surface area contributed by atoms with Crippen LogP contribution in [0.4, 0.5) is 5.69 Å². The highest BCUT2D eigenvalue weighted by Gasteiger charge is 2.32. The van der Waals surface area contributed by atoms with Gasteiger partial charge in [-0.3, -0.25) is 14.6 Å². The van der Waals surface area contributed by atoms with E-state index in [-0.39, 0.29) is 24.3 Å². The van der Waals surface area contributed by atoms with Crippen molar-refractivity contribution in [2.75, 3.05) is 12.4 Å². The second kappa shape index (κ2) is 8.39. The van der Waals surface area contributed by atoms with Crippen molar-refractivity contribution in [2.45, 2.75) is 38.0 Å². The first kappa shape index (κ1) is 18.6. The van der Waals surface area contributed by atoms with Gasteiger partial charge in [-0.15, -0.1) is 0 Å². The Morgan fingerprint density at radius 1 is 1.54 bits per heavy atom. The summed E-state index contributed by atoms with van der Waals surface area (Å²) in [5.74, 6) is 0.0879. The number of amidine groups is 1. The molecule has 1 aliphatic rings. The number of carbonyl (C=O) groups excluding carboxylic acids is 2. The van der Waals surface area contributed by atoms with Crippen molar-refractivity contribution in [2.24, 2.45) is 4.99 Å². The number of carbonyl (C=O) groups is 2. The number of halogens is 1. The molecule has 24 heavy (non-hydrogen) atoms. The average molecular weight is 370 g/mol. The Labute approximate surface area is 150 Å². The number of hydrogen-bond donors (Lipinski definition) is 2. The van der Waals surface area contributed by atoms with Gasteiger partial charge in [0.05, 0.1) is 12.1 Å². The minimum atomic E-state index is -0.471. The molecule has 0 spiro atoms. The van der Waals surface area contributed by atoms with Gasteiger partial charge >= 0.3 is 0 Å². The summed E-state index contributed by atoms with van der Waals surface area (Å²) in [5.41, 5.74) is 0.558. The van der Waals surface area contributed by atoms with Crippen LogP contribution < -0.4 is 15.4 Å². The van der Waals surface area contributed by atoms with E-state index in [0.29, 0.717) is 21.6 Å². The molecule has 0 radical (unpaired) electrons. The highest BCUT2D eigenvalue weighted by Crippen LogP contribution is 2.28. The average Bonchev–Trinajstić information content (AvgIpc) is 2.86. The fourth-order valence-electron chi connectivity index (χ4n) is 2.02. The van der Waals surface area contributed by atoms with E-state index < -0.39 is 5.25 Å². The normalized spacial score (nSPS) is 19.9. The quantitative estimate of drug-likeness (QED) is 0.807. The lowest BCUT2D eigenvalue weighted by Crippen LogP contribution is -2.28. The Balaban J connectivity index is 1.94. The summed E-state index contributed by atoms with van der Waals surface area (Å²) in [6, 6.07) is 5.11. The number of hydrogen-bond acceptors (Lipinski definition) is 5. The minimum absolute atomic E-state index is 0.0691. The molecule has 1 fully saturated rings. The van der Waals surface area contributed by atoms with Crippen molar-refractivity contribution in [1.82, 2.24) is 5.32 Å². The summed E-state index contributed by atoms with van der Waals surface area (Å²) in [6.45, 7) is 4.01. The lowest BCUT2D eigenvalue weighted by Gasteiger charge is -2.09. The molecule has 0 unspecified atom stereocenters. The topological polar surface area (TPSA) is 79.8 Å². The number of rotatable bonds is 6. The molecular formula is C16H20ClN3O3S. The molecule has 1 aliphatic heterocycles. The monoisotopic (exact) mass is 369 g/mol. The molecule has 0 bridgehead atoms. The van der Waals surface area contributed by atoms with Crippen molar-refractivity contribution in [1.29, 1.82) is 0 Å². The molecule has 0 aromatic heterocycles. The highest BCUT2D eigenvalue weighted by molar-refractivity contribution is 8.15. The van der Waals surface area contributed by atoms with Crippen molar-refractivity contribution >= 4 is 46.0 Å². The second-order valence-electron chi connectivity index (χ2n) is 5.39. The predicted molar refractivity (Wildman–Crippen MR) is 98.0 cm³/mol. The third-order valence-electron chi connectivity index (χ3n) is 3.51. The molecule has 2 N–H and O–H groups in total. The second-order valence-corrected chi connectivity index (χ2v) is 6.99. The number of nitrogens with one attached hydrogen (secondary N) is 2. The number of thioether (sulfide) groups is 1. The zero-order chi connectivity index (χ0) is 17.7. The van der Waals surface area contributed by atoms with Gasteiger partial charge in [0.15, 0.2) is 5.17 Å². The molecule has 1 aromatic carbocycles. The maximum Gasteiger partial charge on any atom is 0.240 e. The molecule has 6 nitrogen and oxygen atoms in total. The van der Waals surface area contributed by atoms with E-state index in [1.807, 2.05) is 13.8 Å². The Morgan fingerprint density at radius 2 is 2.29 bits per heavy atom. The van der Waals surface area contributed by atoms with E-state index >= 15 is 0 Å². The van der Waals surface area contributed by atoms with Gasteiger partial charge in [0.2, 0.25) is 11.8 Å². The van der Waals surface area contributed by atoms with Gasteiger partial charge < -0.3 is 15.4 Å². The van der Waals surface area contributed by atoms with Crippen LogP contribution >= 0.6 is 23.4 Å². The van der Waals surface area contributed by atoms with Crippen LogP contribution in [0.25, 0.3) is 0 Å². The van der Waals surface area contributed by atoms with E-state index in [0.717, 1.165) is 6.42 Å². The summed E-state index contributed by atoms with van der Waals surface area (Å²) in [4.78, 5) is 28.5. The Bertz CT molecular complexity index is 666. The van der Waals surface area contributed by atoms with E-state index in [9.17, 15) is 9.59 Å². The van der Waals surface area contributed by atoms with E-state index in [1.165, 1.54) is 18.9 Å². The number of benzene rings is 1. The molecule has 1 heterocycles. The third-order valence-corrected chi connectivity index (χ3v) is 4.90. The smallest absolute Gasteiger partial charge is 0.240 e. The van der Waals surface area contributed by atoms with Crippen LogP contribution in [0, 0.1) is 0 Å². The van der Waals surface area contributed by atoms with Crippen LogP contribution in [-0.2, 0) is 9.59 Å². The number of nitrogens with zero attached hydrogens (tertiary/aromatic N) is 1. The van der Waals surface area contributed by atoms with E-state index in [2.05, 4.69) is 15.6 Å². The van der Waals surface area contributed by atoms with Crippen molar-refractivity contribution in [3.63, 3.8) is 0 Å². The summed E-state index contributed by atoms with van der Waals surface area (Å²) in [6.07, 6.45) is 0.961. The first-order chi connectivity index (χ1) is 11.4. The molecule has 0 aliphatic carbocycles. The minimum Gasteiger partial charge on any atom is -0.495 e. The maximum absolute atomic E-state index is 12.1. The zero-order valence-corrected chi connectivity index (χ0v) is 15.3. The van der Waals surface area contributed by atoms with E-state index in [1.54, 1.807) is 18.2 Å². The SMILES string of the molecule is CC[C@@H](C)N=C1NC(=O)[C@H](CC(=O)Nc2ccc(OC)c(Cl)c2)S1. The molecule has 2 atom stereocenters. The third kappa shape index (κ3) is 4.88. The fourth-order valence-corrected chi connectivity index (χ4v) is 3.34. The van der Waals surface area contributed by atoms with Crippen LogP contribution in [-0.4, -0.2) is 35.4 Å². The Kier molecular flexibility index (Phi) is 6.51. The molecule has 130 valence electrons. The Morgan fingerprint density at radius 3 is 2.92 bits per heavy atom. The van der Waals surface area contributed by atoms with Crippen LogP contribution in [0.2, 0.25) is 5.02 Å². The van der Waals surface area contributed by atoms with Gasteiger partial charge in [0.1, 0.15) is 11.0 Å². The van der Waals surface area contributed by atoms with Gasteiger partial charge in [-0.1, -0.05) is 30.3 Å². The summed E-state index contributed by atoms with van der Waals surface area (Å²) in [5, 5.41) is 5.98. The largest absolute Gasteiger partial charge is 0.495 e. The number of ether oxygens (including phenoxy) is 1. The number of methoxy groups -OCH3 is 1. The van der Waals surface area contributed by atoms with Crippen molar-refractivity contribution in [3.05, 3.63) is 23.2 Å². The lowest BCUT2D eigenvalue weighted by molar-refractivity contribution is -0.122. The van der Waals surface area contributed by atoms with Crippen LogP contribution in [0.3, 0.4) is 0 Å². The molecule has 1 saturated heterocycles. The van der Waals surface area contributed by atoms with Gasteiger partial charge in [-0.05, 0) is 31.5 Å². The zero-order valence-electron chi connectivity index (χ0n) is 13.8. The van der Waals surface area contributed by atoms with Gasteiger partial charge in [-0.2, -0.15) is 0 Å². The lowest BCUT2D eigenvalue weighted by atomic mass is 10.2. The maximum atomic E-state index is 12.1. The van der Waals surface area contributed by atoms with Gasteiger partial charge in [0, 0.05) is 18.2 Å².